The number of imidazole rings is 1. The maximum absolute atomic E-state index is 5.73. The molecular formula is C14H18ClI2N3Pt. The fourth-order valence-electron chi connectivity index (χ4n) is 1.56. The van der Waals surface area contributed by atoms with Gasteiger partial charge in [-0.25, -0.2) is 0 Å². The summed E-state index contributed by atoms with van der Waals surface area (Å²) in [6.07, 6.45) is 4.18. The summed E-state index contributed by atoms with van der Waals surface area (Å²) in [4.78, 5) is 0. The van der Waals surface area contributed by atoms with Crippen molar-refractivity contribution in [3.63, 3.8) is 0 Å². The quantitative estimate of drug-likeness (QED) is 0.310. The first-order chi connectivity index (χ1) is 9.81. The average molecular weight is 713 g/mol. The van der Waals surface area contributed by atoms with Gasteiger partial charge in [0.2, 0.25) is 0 Å². The molecule has 0 aliphatic heterocycles. The Hall–Kier alpha value is 0.828. The molecule has 0 spiro atoms. The molecule has 7 heteroatoms. The smallest absolute Gasteiger partial charge is 0.0435 e. The van der Waals surface area contributed by atoms with Crippen LogP contribution in [0, 0.1) is 3.80 Å². The Labute approximate surface area is 170 Å². The third kappa shape index (κ3) is 7.29. The van der Waals surface area contributed by atoms with Crippen molar-refractivity contribution >= 4 is 57.3 Å². The fourth-order valence-corrected chi connectivity index (χ4v) is 3.40. The molecule has 0 unspecified atom stereocenters. The molecule has 120 valence electrons. The van der Waals surface area contributed by atoms with Crippen molar-refractivity contribution in [1.82, 2.24) is 10.5 Å². The summed E-state index contributed by atoms with van der Waals surface area (Å²) in [5.41, 5.74) is 1.28. The van der Waals surface area contributed by atoms with Crippen molar-refractivity contribution in [2.24, 2.45) is 7.05 Å². The second-order valence-corrected chi connectivity index (χ2v) is 10.4. The number of hydrogen-bond acceptors (Lipinski definition) is 1. The molecule has 0 aliphatic carbocycles. The van der Waals surface area contributed by atoms with E-state index in [-0.39, 0.29) is 0 Å². The average Bonchev–Trinajstić information content (AvgIpc) is 2.73. The molecule has 2 aromatic rings. The number of hydrogen-bond donors (Lipinski definition) is 0. The van der Waals surface area contributed by atoms with Crippen LogP contribution in [0.15, 0.2) is 36.7 Å². The van der Waals surface area contributed by atoms with Crippen LogP contribution in [0.2, 0.25) is 5.02 Å². The van der Waals surface area contributed by atoms with E-state index >= 15 is 0 Å². The Kier molecular flexibility index (Phi) is 9.33. The van der Waals surface area contributed by atoms with E-state index in [0.717, 1.165) is 11.6 Å². The normalized spacial score (nSPS) is 10.8. The Morgan fingerprint density at radius 1 is 1.19 bits per heavy atom. The number of nitrogens with zero attached hydrogens (tertiary/aromatic N) is 3. The van der Waals surface area contributed by atoms with E-state index in [1.54, 1.807) is 0 Å². The largest absolute Gasteiger partial charge is 0.184 e. The number of aryl methyl sites for hydroxylation is 1. The predicted molar refractivity (Wildman–Crippen MR) is 102 cm³/mol. The van der Waals surface area contributed by atoms with E-state index in [0.29, 0.717) is 6.04 Å². The molecule has 0 atom stereocenters. The van der Waals surface area contributed by atoms with E-state index in [1.165, 1.54) is 9.37 Å². The molecule has 0 aliphatic rings. The van der Waals surface area contributed by atoms with Crippen LogP contribution in [-0.2, 0) is 32.9 Å². The minimum absolute atomic E-state index is 0.564. The van der Waals surface area contributed by atoms with Crippen LogP contribution in [-0.4, -0.2) is 10.5 Å². The van der Waals surface area contributed by atoms with Gasteiger partial charge < -0.3 is 0 Å². The molecule has 2 rings (SSSR count). The van der Waals surface area contributed by atoms with Gasteiger partial charge in [0.15, 0.2) is 0 Å². The van der Waals surface area contributed by atoms with E-state index in [1.807, 2.05) is 24.3 Å². The Bertz CT molecular complexity index is 605. The van der Waals surface area contributed by atoms with Crippen LogP contribution in [0.5, 0.6) is 0 Å². The second kappa shape index (κ2) is 9.85. The van der Waals surface area contributed by atoms with Crippen molar-refractivity contribution in [1.29, 1.82) is 0 Å². The summed E-state index contributed by atoms with van der Waals surface area (Å²) in [7, 11) is 2.06. The summed E-state index contributed by atoms with van der Waals surface area (Å²) in [6.45, 7) is 5.31. The molecule has 1 aromatic heterocycles. The zero-order chi connectivity index (χ0) is 16.0. The van der Waals surface area contributed by atoms with E-state index in [4.69, 9.17) is 11.6 Å². The summed E-state index contributed by atoms with van der Waals surface area (Å²) >= 11 is 12.5. The van der Waals surface area contributed by atoms with Crippen molar-refractivity contribution in [2.75, 3.05) is 0 Å². The second-order valence-electron chi connectivity index (χ2n) is 4.74. The molecule has 21 heavy (non-hydrogen) atoms. The standard InChI is InChI=1S/C7H6ClI2N.C7H12N2.Pt/c8-7-3-1-6(2-4-7)5-11(9)10;1-7(2)9-5-4-8(3)6-9;/h1-4H,5H2;4-5,7H,1-3H3;. The third-order valence-electron chi connectivity index (χ3n) is 2.69. The molecule has 0 fully saturated rings. The van der Waals surface area contributed by atoms with Gasteiger partial charge in [-0.1, -0.05) is 23.7 Å². The van der Waals surface area contributed by atoms with Crippen LogP contribution in [0.4, 0.5) is 0 Å². The predicted octanol–water partition coefficient (Wildman–Crippen LogP) is 5.33. The zero-order valence-electron chi connectivity index (χ0n) is 12.0. The Morgan fingerprint density at radius 3 is 2.10 bits per heavy atom. The van der Waals surface area contributed by atoms with Crippen molar-refractivity contribution in [3.8, 4) is 0 Å². The third-order valence-corrected chi connectivity index (χ3v) is 5.01. The van der Waals surface area contributed by atoms with Crippen LogP contribution >= 0.6 is 57.3 Å². The van der Waals surface area contributed by atoms with Gasteiger partial charge in [0.25, 0.3) is 0 Å². The maximum atomic E-state index is 5.73. The molecular weight excluding hydrogens is 695 g/mol. The monoisotopic (exact) mass is 712 g/mol. The fraction of sp³-hybridized carbons (Fsp3) is 0.357. The molecule has 1 aromatic carbocycles. The number of rotatable bonds is 3. The van der Waals surface area contributed by atoms with Gasteiger partial charge >= 0.3 is 71.6 Å². The van der Waals surface area contributed by atoms with Crippen LogP contribution in [0.3, 0.4) is 0 Å². The van der Waals surface area contributed by atoms with Gasteiger partial charge in [-0.15, -0.1) is 0 Å². The summed E-state index contributed by atoms with van der Waals surface area (Å²) < 4.78 is 7.69. The van der Waals surface area contributed by atoms with Crippen LogP contribution < -0.4 is 0 Å². The topological polar surface area (TPSA) is 13.1 Å². The Morgan fingerprint density at radius 2 is 1.76 bits per heavy atom. The summed E-state index contributed by atoms with van der Waals surface area (Å²) in [5.74, 6) is 0. The first kappa shape index (κ1) is 19.9. The molecule has 0 radical (unpaired) electrons. The number of aromatic nitrogens is 2. The van der Waals surface area contributed by atoms with Gasteiger partial charge in [-0.05, 0) is 17.7 Å². The van der Waals surface area contributed by atoms with Crippen molar-refractivity contribution in [2.45, 2.75) is 26.4 Å². The van der Waals surface area contributed by atoms with Gasteiger partial charge in [0.05, 0.1) is 0 Å². The van der Waals surface area contributed by atoms with Gasteiger partial charge in [-0.3, -0.25) is 0 Å². The van der Waals surface area contributed by atoms with E-state index < -0.39 is 0 Å². The van der Waals surface area contributed by atoms with Crippen molar-refractivity contribution < 1.29 is 19.4 Å². The maximum Gasteiger partial charge on any atom is 0.0435 e. The molecule has 0 N–H and O–H groups in total. The molecule has 3 nitrogen and oxygen atoms in total. The molecule has 0 saturated heterocycles. The zero-order valence-corrected chi connectivity index (χ0v) is 19.4. The number of halogens is 3. The summed E-state index contributed by atoms with van der Waals surface area (Å²) in [5, 5.41) is 0.794. The van der Waals surface area contributed by atoms with E-state index in [2.05, 4.69) is 109 Å². The SMILES string of the molecule is CC(C)n1ccn(C)[c]1=[Pt].Clc1ccc(CN(I)I)cc1. The van der Waals surface area contributed by atoms with Crippen LogP contribution in [0.1, 0.15) is 25.5 Å². The van der Waals surface area contributed by atoms with Crippen molar-refractivity contribution in [3.05, 3.63) is 51.0 Å². The van der Waals surface area contributed by atoms with E-state index in [9.17, 15) is 0 Å². The minimum Gasteiger partial charge on any atom is -0.184 e. The summed E-state index contributed by atoms with van der Waals surface area (Å²) in [6, 6.07) is 8.45. The van der Waals surface area contributed by atoms with Crippen LogP contribution in [0.25, 0.3) is 0 Å². The molecule has 1 heterocycles. The first-order valence-electron chi connectivity index (χ1n) is 6.33. The molecule has 0 amide bonds. The molecule has 0 saturated carbocycles. The molecule has 0 bridgehead atoms. The van der Waals surface area contributed by atoms with Gasteiger partial charge in [0.1, 0.15) is 0 Å². The van der Waals surface area contributed by atoms with Gasteiger partial charge in [0, 0.05) is 57.3 Å². The minimum atomic E-state index is 0.564. The Balaban J connectivity index is 0.000000211. The van der Waals surface area contributed by atoms with Gasteiger partial charge in [-0.2, -0.15) is 1.33 Å². The number of benzene rings is 1. The first-order valence-corrected chi connectivity index (χ1v) is 9.78.